The number of rotatable bonds is 2. The first kappa shape index (κ1) is 22.5. The Kier molecular flexibility index (Phi) is 4.38. The minimum absolute atomic E-state index is 0.921. The van der Waals surface area contributed by atoms with Crippen molar-refractivity contribution < 1.29 is 4.42 Å². The molecule has 1 aliphatic rings. The van der Waals surface area contributed by atoms with Gasteiger partial charge in [0.1, 0.15) is 16.8 Å². The van der Waals surface area contributed by atoms with Crippen LogP contribution in [0.2, 0.25) is 0 Å². The Morgan fingerprint density at radius 1 is 0.500 bits per heavy atom. The second-order valence-corrected chi connectivity index (χ2v) is 12.0. The van der Waals surface area contributed by atoms with Crippen LogP contribution in [0, 0.1) is 0 Å². The molecule has 0 bridgehead atoms. The number of fused-ring (bicyclic) bond motifs is 10. The van der Waals surface area contributed by atoms with Crippen molar-refractivity contribution in [1.29, 1.82) is 0 Å². The molecule has 0 N–H and O–H groups in total. The minimum atomic E-state index is 0.921. The van der Waals surface area contributed by atoms with Gasteiger partial charge in [0.2, 0.25) is 0 Å². The summed E-state index contributed by atoms with van der Waals surface area (Å²) >= 11 is 1.87. The molecule has 0 fully saturated rings. The second-order valence-electron chi connectivity index (χ2n) is 11.0. The van der Waals surface area contributed by atoms with Crippen LogP contribution in [0.3, 0.4) is 0 Å². The zero-order chi connectivity index (χ0) is 27.4. The minimum Gasteiger partial charge on any atom is -0.456 e. The van der Waals surface area contributed by atoms with Gasteiger partial charge in [-0.1, -0.05) is 90.6 Å². The summed E-state index contributed by atoms with van der Waals surface area (Å²) in [5.74, 6) is 0. The van der Waals surface area contributed by atoms with Crippen molar-refractivity contribution in [2.45, 2.75) is 9.79 Å². The average molecular weight is 555 g/mol. The summed E-state index contributed by atoms with van der Waals surface area (Å²) in [4.78, 5) is 2.58. The lowest BCUT2D eigenvalue weighted by atomic mass is 10.0. The maximum atomic E-state index is 6.07. The van der Waals surface area contributed by atoms with Crippen molar-refractivity contribution in [3.05, 3.63) is 133 Å². The van der Waals surface area contributed by atoms with E-state index in [1.807, 2.05) is 23.9 Å². The summed E-state index contributed by atoms with van der Waals surface area (Å²) in [6.07, 6.45) is 0. The number of aromatic nitrogens is 2. The predicted octanol–water partition coefficient (Wildman–Crippen LogP) is 10.8. The standard InChI is InChI=1S/C38H22N2OS/c1-3-11-30-27(9-1)36-28-10-7-15-35-37(28)40(31-12-4-6-14-34(31)42-35)38(36)39(30)25-19-16-23(17-20-25)24-18-21-33-29(22-24)26-8-2-5-13-32(26)41-33/h1-22H. The highest BCUT2D eigenvalue weighted by Gasteiger charge is 2.27. The molecule has 6 aromatic carbocycles. The van der Waals surface area contributed by atoms with E-state index in [-0.39, 0.29) is 0 Å². The fourth-order valence-electron chi connectivity index (χ4n) is 6.90. The van der Waals surface area contributed by atoms with Crippen LogP contribution in [0.5, 0.6) is 0 Å². The third-order valence-electron chi connectivity index (χ3n) is 8.72. The summed E-state index contributed by atoms with van der Waals surface area (Å²) in [7, 11) is 0. The van der Waals surface area contributed by atoms with Crippen molar-refractivity contribution in [3.63, 3.8) is 0 Å². The van der Waals surface area contributed by atoms with E-state index in [0.29, 0.717) is 0 Å². The third-order valence-corrected chi connectivity index (χ3v) is 9.83. The average Bonchev–Trinajstić information content (AvgIpc) is 3.70. The Morgan fingerprint density at radius 3 is 2.14 bits per heavy atom. The van der Waals surface area contributed by atoms with Gasteiger partial charge >= 0.3 is 0 Å². The van der Waals surface area contributed by atoms with Crippen LogP contribution >= 0.6 is 11.8 Å². The highest BCUT2D eigenvalue weighted by Crippen LogP contribution is 2.49. The molecule has 0 atom stereocenters. The zero-order valence-electron chi connectivity index (χ0n) is 22.4. The molecular weight excluding hydrogens is 532 g/mol. The topological polar surface area (TPSA) is 23.0 Å². The lowest BCUT2D eigenvalue weighted by Crippen LogP contribution is -2.05. The number of para-hydroxylation sites is 4. The first-order valence-corrected chi connectivity index (χ1v) is 15.0. The molecule has 3 aromatic heterocycles. The van der Waals surface area contributed by atoms with E-state index in [9.17, 15) is 0 Å². The van der Waals surface area contributed by atoms with Gasteiger partial charge in [-0.25, -0.2) is 0 Å². The molecular formula is C38H22N2OS. The number of furan rings is 1. The van der Waals surface area contributed by atoms with Crippen molar-refractivity contribution in [3.8, 4) is 22.5 Å². The molecule has 4 heteroatoms. The van der Waals surface area contributed by atoms with E-state index < -0.39 is 0 Å². The van der Waals surface area contributed by atoms with Crippen LogP contribution in [0.25, 0.3) is 77.3 Å². The Hall–Kier alpha value is -5.19. The summed E-state index contributed by atoms with van der Waals surface area (Å²) in [5.41, 5.74) is 10.3. The zero-order valence-corrected chi connectivity index (χ0v) is 23.2. The summed E-state index contributed by atoms with van der Waals surface area (Å²) in [6.45, 7) is 0. The Balaban J connectivity index is 1.22. The molecule has 0 amide bonds. The summed E-state index contributed by atoms with van der Waals surface area (Å²) < 4.78 is 11.0. The Bertz CT molecular complexity index is 2550. The summed E-state index contributed by atoms with van der Waals surface area (Å²) in [5, 5.41) is 6.19. The van der Waals surface area contributed by atoms with Gasteiger partial charge in [0.05, 0.1) is 16.7 Å². The van der Waals surface area contributed by atoms with E-state index >= 15 is 0 Å². The highest BCUT2D eigenvalue weighted by molar-refractivity contribution is 7.99. The molecule has 9 aromatic rings. The maximum Gasteiger partial charge on any atom is 0.135 e. The molecule has 0 unspecified atom stereocenters. The fraction of sp³-hybridized carbons (Fsp3) is 0. The molecule has 3 nitrogen and oxygen atoms in total. The van der Waals surface area contributed by atoms with Crippen molar-refractivity contribution in [2.24, 2.45) is 0 Å². The van der Waals surface area contributed by atoms with Crippen LogP contribution in [0.4, 0.5) is 0 Å². The van der Waals surface area contributed by atoms with Crippen LogP contribution in [-0.2, 0) is 0 Å². The summed E-state index contributed by atoms with van der Waals surface area (Å²) in [6, 6.07) is 48.0. The second kappa shape index (κ2) is 8.19. The molecule has 0 saturated heterocycles. The Morgan fingerprint density at radius 2 is 1.21 bits per heavy atom. The smallest absolute Gasteiger partial charge is 0.135 e. The van der Waals surface area contributed by atoms with E-state index in [1.165, 1.54) is 59.4 Å². The number of hydrogen-bond donors (Lipinski definition) is 0. The number of nitrogens with zero attached hydrogens (tertiary/aromatic N) is 2. The van der Waals surface area contributed by atoms with Crippen molar-refractivity contribution in [2.75, 3.05) is 0 Å². The monoisotopic (exact) mass is 554 g/mol. The molecule has 196 valence electrons. The van der Waals surface area contributed by atoms with Crippen LogP contribution in [0.1, 0.15) is 0 Å². The van der Waals surface area contributed by atoms with Crippen molar-refractivity contribution >= 4 is 66.5 Å². The first-order chi connectivity index (χ1) is 20.8. The normalized spacial score (nSPS) is 12.7. The Labute approximate surface area is 245 Å². The third kappa shape index (κ3) is 2.92. The molecule has 4 heterocycles. The largest absolute Gasteiger partial charge is 0.456 e. The molecule has 42 heavy (non-hydrogen) atoms. The van der Waals surface area contributed by atoms with Gasteiger partial charge in [0.25, 0.3) is 0 Å². The quantitative estimate of drug-likeness (QED) is 0.212. The van der Waals surface area contributed by atoms with E-state index in [1.54, 1.807) is 0 Å². The lowest BCUT2D eigenvalue weighted by Gasteiger charge is -2.21. The van der Waals surface area contributed by atoms with Gasteiger partial charge in [-0.05, 0) is 65.7 Å². The van der Waals surface area contributed by atoms with Gasteiger partial charge in [-0.2, -0.15) is 0 Å². The fourth-order valence-corrected chi connectivity index (χ4v) is 7.99. The van der Waals surface area contributed by atoms with Gasteiger partial charge in [-0.3, -0.25) is 9.13 Å². The number of benzene rings is 6. The van der Waals surface area contributed by atoms with Gasteiger partial charge < -0.3 is 4.42 Å². The molecule has 0 radical (unpaired) electrons. The molecule has 0 saturated carbocycles. The van der Waals surface area contributed by atoms with Gasteiger partial charge in [0.15, 0.2) is 0 Å². The van der Waals surface area contributed by atoms with Crippen LogP contribution in [-0.4, -0.2) is 9.13 Å². The highest BCUT2D eigenvalue weighted by atomic mass is 32.2. The SMILES string of the molecule is c1ccc2c(c1)Sc1cccc3c4c5ccccc5n(-c5ccc(-c6ccc7oc8ccccc8c7c6)cc5)c4n-2c13. The van der Waals surface area contributed by atoms with Gasteiger partial charge in [-0.15, -0.1) is 0 Å². The van der Waals surface area contributed by atoms with Crippen molar-refractivity contribution in [1.82, 2.24) is 9.13 Å². The molecule has 10 rings (SSSR count). The van der Waals surface area contributed by atoms with E-state index in [0.717, 1.165) is 27.6 Å². The molecule has 0 aliphatic carbocycles. The molecule has 0 spiro atoms. The van der Waals surface area contributed by atoms with E-state index in [2.05, 4.69) is 130 Å². The lowest BCUT2D eigenvalue weighted by molar-refractivity contribution is 0.669. The van der Waals surface area contributed by atoms with E-state index in [4.69, 9.17) is 4.42 Å². The van der Waals surface area contributed by atoms with Crippen LogP contribution < -0.4 is 0 Å². The van der Waals surface area contributed by atoms with Gasteiger partial charge in [0, 0.05) is 42.4 Å². The first-order valence-electron chi connectivity index (χ1n) is 14.2. The predicted molar refractivity (Wildman–Crippen MR) is 174 cm³/mol. The van der Waals surface area contributed by atoms with Crippen LogP contribution in [0.15, 0.2) is 148 Å². The molecule has 1 aliphatic heterocycles. The maximum absolute atomic E-state index is 6.07. The number of hydrogen-bond acceptors (Lipinski definition) is 2.